The fourth-order valence-corrected chi connectivity index (χ4v) is 1.95. The van der Waals surface area contributed by atoms with Gasteiger partial charge in [-0.15, -0.1) is 0 Å². The van der Waals surface area contributed by atoms with E-state index >= 15 is 0 Å². The Morgan fingerprint density at radius 1 is 1.45 bits per heavy atom. The summed E-state index contributed by atoms with van der Waals surface area (Å²) in [6.45, 7) is 1.56. The number of hydrogen-bond donors (Lipinski definition) is 2. The molecule has 3 amide bonds. The maximum Gasteiger partial charge on any atom is 0.286 e. The Bertz CT molecular complexity index is 484. The van der Waals surface area contributed by atoms with Crippen LogP contribution in [0.1, 0.15) is 23.4 Å². The van der Waals surface area contributed by atoms with Crippen LogP contribution in [0.4, 0.5) is 0 Å². The van der Waals surface area contributed by atoms with Crippen LogP contribution in [0.15, 0.2) is 22.8 Å². The Labute approximate surface area is 116 Å². The molecule has 0 radical (unpaired) electrons. The smallest absolute Gasteiger partial charge is 0.286 e. The van der Waals surface area contributed by atoms with Gasteiger partial charge >= 0.3 is 0 Å². The zero-order valence-corrected chi connectivity index (χ0v) is 11.1. The highest BCUT2D eigenvalue weighted by Crippen LogP contribution is 2.02. The summed E-state index contributed by atoms with van der Waals surface area (Å²) in [5.41, 5.74) is 0. The maximum atomic E-state index is 11.8. The van der Waals surface area contributed by atoms with Crippen molar-refractivity contribution in [2.45, 2.75) is 12.8 Å². The van der Waals surface area contributed by atoms with Gasteiger partial charge in [0.2, 0.25) is 11.8 Å². The van der Waals surface area contributed by atoms with E-state index in [1.165, 1.54) is 11.2 Å². The van der Waals surface area contributed by atoms with E-state index in [-0.39, 0.29) is 30.0 Å². The van der Waals surface area contributed by atoms with E-state index in [1.54, 1.807) is 12.1 Å². The van der Waals surface area contributed by atoms with E-state index in [2.05, 4.69) is 10.6 Å². The molecule has 1 saturated heterocycles. The summed E-state index contributed by atoms with van der Waals surface area (Å²) >= 11 is 0. The van der Waals surface area contributed by atoms with Crippen molar-refractivity contribution in [1.29, 1.82) is 0 Å². The summed E-state index contributed by atoms with van der Waals surface area (Å²) in [7, 11) is 0. The summed E-state index contributed by atoms with van der Waals surface area (Å²) in [4.78, 5) is 36.1. The topological polar surface area (TPSA) is 91.7 Å². The molecule has 1 aliphatic rings. The minimum atomic E-state index is -0.292. The van der Waals surface area contributed by atoms with Crippen LogP contribution in [0.5, 0.6) is 0 Å². The molecule has 2 rings (SSSR count). The number of nitrogens with one attached hydrogen (secondary N) is 2. The standard InChI is InChI=1S/C13H17N3O4/c17-11-9-16(7-6-14-11)12(18)4-1-5-15-13(19)10-3-2-8-20-10/h2-3,8H,1,4-7,9H2,(H,14,17)(H,15,19). The van der Waals surface area contributed by atoms with Crippen molar-refractivity contribution < 1.29 is 18.8 Å². The number of carbonyl (C=O) groups is 3. The Balaban J connectivity index is 1.64. The van der Waals surface area contributed by atoms with Gasteiger partial charge in [-0.3, -0.25) is 14.4 Å². The molecular weight excluding hydrogens is 262 g/mol. The molecule has 0 aromatic carbocycles. The van der Waals surface area contributed by atoms with Gasteiger partial charge in [-0.05, 0) is 18.6 Å². The number of nitrogens with zero attached hydrogens (tertiary/aromatic N) is 1. The molecule has 1 aromatic rings. The van der Waals surface area contributed by atoms with E-state index in [0.29, 0.717) is 32.5 Å². The normalized spacial score (nSPS) is 14.8. The number of rotatable bonds is 5. The van der Waals surface area contributed by atoms with Gasteiger partial charge in [0, 0.05) is 26.1 Å². The van der Waals surface area contributed by atoms with E-state index in [4.69, 9.17) is 4.42 Å². The molecular formula is C13H17N3O4. The SMILES string of the molecule is O=C1CN(C(=O)CCCNC(=O)c2ccco2)CCN1. The van der Waals surface area contributed by atoms with Crippen molar-refractivity contribution in [3.8, 4) is 0 Å². The second-order valence-corrected chi connectivity index (χ2v) is 4.50. The van der Waals surface area contributed by atoms with Gasteiger partial charge in [0.1, 0.15) is 0 Å². The van der Waals surface area contributed by atoms with Crippen molar-refractivity contribution in [2.24, 2.45) is 0 Å². The first-order chi connectivity index (χ1) is 9.66. The predicted molar refractivity (Wildman–Crippen MR) is 69.9 cm³/mol. The summed E-state index contributed by atoms with van der Waals surface area (Å²) < 4.78 is 4.95. The Kier molecular flexibility index (Phi) is 4.75. The van der Waals surface area contributed by atoms with Crippen LogP contribution in [0.25, 0.3) is 0 Å². The molecule has 0 bridgehead atoms. The minimum absolute atomic E-state index is 0.0629. The molecule has 7 nitrogen and oxygen atoms in total. The zero-order valence-electron chi connectivity index (χ0n) is 11.1. The highest BCUT2D eigenvalue weighted by Gasteiger charge is 2.20. The van der Waals surface area contributed by atoms with Gasteiger partial charge in [-0.2, -0.15) is 0 Å². The second-order valence-electron chi connectivity index (χ2n) is 4.50. The monoisotopic (exact) mass is 279 g/mol. The van der Waals surface area contributed by atoms with Gasteiger partial charge in [0.25, 0.3) is 5.91 Å². The summed E-state index contributed by atoms with van der Waals surface area (Å²) in [6, 6.07) is 3.21. The van der Waals surface area contributed by atoms with Crippen LogP contribution in [0.2, 0.25) is 0 Å². The lowest BCUT2D eigenvalue weighted by Crippen LogP contribution is -2.50. The van der Waals surface area contributed by atoms with E-state index < -0.39 is 0 Å². The van der Waals surface area contributed by atoms with Crippen LogP contribution in [0, 0.1) is 0 Å². The largest absolute Gasteiger partial charge is 0.459 e. The third kappa shape index (κ3) is 3.84. The number of amides is 3. The zero-order chi connectivity index (χ0) is 14.4. The quantitative estimate of drug-likeness (QED) is 0.727. The average molecular weight is 279 g/mol. The third-order valence-electron chi connectivity index (χ3n) is 2.99. The molecule has 0 saturated carbocycles. The van der Waals surface area contributed by atoms with E-state index in [0.717, 1.165) is 0 Å². The van der Waals surface area contributed by atoms with Gasteiger partial charge in [0.15, 0.2) is 5.76 Å². The lowest BCUT2D eigenvalue weighted by Gasteiger charge is -2.26. The molecule has 7 heteroatoms. The Morgan fingerprint density at radius 3 is 3.00 bits per heavy atom. The third-order valence-corrected chi connectivity index (χ3v) is 2.99. The summed E-state index contributed by atoms with van der Waals surface area (Å²) in [5, 5.41) is 5.33. The molecule has 0 atom stereocenters. The van der Waals surface area contributed by atoms with Gasteiger partial charge < -0.3 is 20.0 Å². The first-order valence-corrected chi connectivity index (χ1v) is 6.53. The first kappa shape index (κ1) is 14.1. The molecule has 1 aliphatic heterocycles. The lowest BCUT2D eigenvalue weighted by atomic mass is 10.2. The number of carbonyl (C=O) groups excluding carboxylic acids is 3. The summed E-state index contributed by atoms with van der Waals surface area (Å²) in [6.07, 6.45) is 2.27. The predicted octanol–water partition coefficient (Wildman–Crippen LogP) is -0.252. The molecule has 0 unspecified atom stereocenters. The summed E-state index contributed by atoms with van der Waals surface area (Å²) in [5.74, 6) is -0.230. The van der Waals surface area contributed by atoms with Gasteiger partial charge in [-0.25, -0.2) is 0 Å². The molecule has 2 N–H and O–H groups in total. The maximum absolute atomic E-state index is 11.8. The van der Waals surface area contributed by atoms with Crippen LogP contribution < -0.4 is 10.6 Å². The molecule has 20 heavy (non-hydrogen) atoms. The van der Waals surface area contributed by atoms with Crippen molar-refractivity contribution in [3.63, 3.8) is 0 Å². The molecule has 2 heterocycles. The highest BCUT2D eigenvalue weighted by molar-refractivity contribution is 5.91. The molecule has 1 fully saturated rings. The molecule has 0 spiro atoms. The van der Waals surface area contributed by atoms with Crippen molar-refractivity contribution in [1.82, 2.24) is 15.5 Å². The van der Waals surface area contributed by atoms with E-state index in [1.807, 2.05) is 0 Å². The van der Waals surface area contributed by atoms with E-state index in [9.17, 15) is 14.4 Å². The van der Waals surface area contributed by atoms with Crippen LogP contribution in [-0.4, -0.2) is 48.8 Å². The Hall–Kier alpha value is -2.31. The fourth-order valence-electron chi connectivity index (χ4n) is 1.95. The lowest BCUT2D eigenvalue weighted by molar-refractivity contribution is -0.138. The average Bonchev–Trinajstić information content (AvgIpc) is 2.97. The molecule has 108 valence electrons. The molecule has 0 aliphatic carbocycles. The van der Waals surface area contributed by atoms with Crippen LogP contribution in [-0.2, 0) is 9.59 Å². The number of piperazine rings is 1. The number of furan rings is 1. The van der Waals surface area contributed by atoms with Crippen molar-refractivity contribution >= 4 is 17.7 Å². The Morgan fingerprint density at radius 2 is 2.30 bits per heavy atom. The first-order valence-electron chi connectivity index (χ1n) is 6.53. The van der Waals surface area contributed by atoms with Crippen LogP contribution >= 0.6 is 0 Å². The molecule has 1 aromatic heterocycles. The number of hydrogen-bond acceptors (Lipinski definition) is 4. The van der Waals surface area contributed by atoms with Gasteiger partial charge in [0.05, 0.1) is 12.8 Å². The highest BCUT2D eigenvalue weighted by atomic mass is 16.3. The van der Waals surface area contributed by atoms with Gasteiger partial charge in [-0.1, -0.05) is 0 Å². The fraction of sp³-hybridized carbons (Fsp3) is 0.462. The minimum Gasteiger partial charge on any atom is -0.459 e. The van der Waals surface area contributed by atoms with Crippen molar-refractivity contribution in [2.75, 3.05) is 26.2 Å². The second kappa shape index (κ2) is 6.74. The van der Waals surface area contributed by atoms with Crippen LogP contribution in [0.3, 0.4) is 0 Å². The van der Waals surface area contributed by atoms with Crippen molar-refractivity contribution in [3.05, 3.63) is 24.2 Å².